The highest BCUT2D eigenvalue weighted by atomic mass is 35.5. The Morgan fingerprint density at radius 3 is 2.38 bits per heavy atom. The number of benzene rings is 3. The molecule has 1 N–H and O–H groups in total. The van der Waals surface area contributed by atoms with Gasteiger partial charge in [0.1, 0.15) is 23.6 Å². The van der Waals surface area contributed by atoms with Crippen molar-refractivity contribution in [1.82, 2.24) is 4.98 Å². The van der Waals surface area contributed by atoms with Crippen molar-refractivity contribution in [1.29, 1.82) is 0 Å². The van der Waals surface area contributed by atoms with Crippen molar-refractivity contribution in [3.05, 3.63) is 83.4 Å². The van der Waals surface area contributed by atoms with E-state index in [1.165, 1.54) is 13.8 Å². The lowest BCUT2D eigenvalue weighted by molar-refractivity contribution is -0.152. The van der Waals surface area contributed by atoms with Crippen LogP contribution in [0.4, 0.5) is 6.01 Å². The molecule has 0 unspecified atom stereocenters. The molecule has 0 aliphatic carbocycles. The average Bonchev–Trinajstić information content (AvgIpc) is 3.25. The van der Waals surface area contributed by atoms with Crippen LogP contribution < -0.4 is 14.4 Å². The summed E-state index contributed by atoms with van der Waals surface area (Å²) >= 11 is 5.94. The predicted molar refractivity (Wildman–Crippen MR) is 131 cm³/mol. The van der Waals surface area contributed by atoms with Crippen molar-refractivity contribution in [2.45, 2.75) is 26.0 Å². The van der Waals surface area contributed by atoms with Crippen LogP contribution in [0, 0.1) is 0 Å². The van der Waals surface area contributed by atoms with Gasteiger partial charge in [-0.2, -0.15) is 4.98 Å². The molecule has 4 rings (SSSR count). The third-order valence-corrected chi connectivity index (χ3v) is 5.43. The average molecular weight is 481 g/mol. The molecule has 8 heteroatoms. The second kappa shape index (κ2) is 10.1. The zero-order valence-corrected chi connectivity index (χ0v) is 19.7. The highest BCUT2D eigenvalue weighted by Crippen LogP contribution is 2.25. The highest BCUT2D eigenvalue weighted by molar-refractivity contribution is 6.30. The quantitative estimate of drug-likeness (QED) is 0.306. The minimum Gasteiger partial charge on any atom is -0.492 e. The molecule has 0 saturated carbocycles. The maximum Gasteiger partial charge on any atom is 0.347 e. The lowest BCUT2D eigenvalue weighted by atomic mass is 10.1. The number of carbonyl (C=O) groups is 1. The van der Waals surface area contributed by atoms with E-state index in [1.807, 2.05) is 53.4 Å². The Hall–Kier alpha value is -3.71. The van der Waals surface area contributed by atoms with Gasteiger partial charge >= 0.3 is 5.97 Å². The molecule has 0 atom stereocenters. The molecule has 7 nitrogen and oxygen atoms in total. The first-order chi connectivity index (χ1) is 16.3. The van der Waals surface area contributed by atoms with E-state index in [0.29, 0.717) is 42.1 Å². The fraction of sp³-hybridized carbons (Fsp3) is 0.231. The number of aromatic nitrogens is 1. The smallest absolute Gasteiger partial charge is 0.347 e. The summed E-state index contributed by atoms with van der Waals surface area (Å²) in [5.74, 6) is 0.180. The van der Waals surface area contributed by atoms with Crippen molar-refractivity contribution in [2.75, 3.05) is 18.1 Å². The lowest BCUT2D eigenvalue weighted by Gasteiger charge is -2.23. The van der Waals surface area contributed by atoms with Crippen LogP contribution in [0.1, 0.15) is 19.4 Å². The second-order valence-corrected chi connectivity index (χ2v) is 8.69. The van der Waals surface area contributed by atoms with Gasteiger partial charge in [0.05, 0.1) is 6.54 Å². The van der Waals surface area contributed by atoms with Gasteiger partial charge in [-0.1, -0.05) is 35.9 Å². The Morgan fingerprint density at radius 2 is 1.71 bits per heavy atom. The summed E-state index contributed by atoms with van der Waals surface area (Å²) in [6.45, 7) is 4.48. The molecule has 0 bridgehead atoms. The number of anilines is 1. The normalized spacial score (nSPS) is 11.4. The van der Waals surface area contributed by atoms with E-state index in [9.17, 15) is 9.90 Å². The number of oxazole rings is 1. The fourth-order valence-electron chi connectivity index (χ4n) is 3.26. The van der Waals surface area contributed by atoms with Gasteiger partial charge < -0.3 is 23.9 Å². The van der Waals surface area contributed by atoms with Crippen LogP contribution in [0.3, 0.4) is 0 Å². The summed E-state index contributed by atoms with van der Waals surface area (Å²) in [6, 6.07) is 22.6. The molecule has 0 radical (unpaired) electrons. The van der Waals surface area contributed by atoms with Gasteiger partial charge in [0.2, 0.25) is 0 Å². The molecule has 3 aromatic carbocycles. The van der Waals surface area contributed by atoms with Gasteiger partial charge in [0.15, 0.2) is 11.2 Å². The number of hydrogen-bond donors (Lipinski definition) is 1. The van der Waals surface area contributed by atoms with Crippen LogP contribution in [0.2, 0.25) is 5.02 Å². The van der Waals surface area contributed by atoms with Crippen molar-refractivity contribution < 1.29 is 23.8 Å². The summed E-state index contributed by atoms with van der Waals surface area (Å²) in [5.41, 5.74) is 1.15. The molecule has 34 heavy (non-hydrogen) atoms. The van der Waals surface area contributed by atoms with E-state index < -0.39 is 11.6 Å². The van der Waals surface area contributed by atoms with Gasteiger partial charge in [-0.25, -0.2) is 4.79 Å². The molecule has 4 aromatic rings. The molecule has 0 spiro atoms. The second-order valence-electron chi connectivity index (χ2n) is 8.25. The third kappa shape index (κ3) is 5.80. The predicted octanol–water partition coefficient (Wildman–Crippen LogP) is 5.81. The molecular weight excluding hydrogens is 456 g/mol. The summed E-state index contributed by atoms with van der Waals surface area (Å²) in [6.07, 6.45) is 0. The third-order valence-electron chi connectivity index (χ3n) is 5.18. The Morgan fingerprint density at radius 1 is 1.03 bits per heavy atom. The molecule has 1 heterocycles. The monoisotopic (exact) mass is 480 g/mol. The summed E-state index contributed by atoms with van der Waals surface area (Å²) in [5, 5.41) is 9.93. The molecule has 0 aliphatic heterocycles. The topological polar surface area (TPSA) is 85.0 Å². The zero-order chi connectivity index (χ0) is 24.1. The Kier molecular flexibility index (Phi) is 6.93. The minimum absolute atomic E-state index is 0.411. The number of ether oxygens (including phenoxy) is 2. The van der Waals surface area contributed by atoms with Gasteiger partial charge in [0.25, 0.3) is 6.01 Å². The lowest BCUT2D eigenvalue weighted by Crippen LogP contribution is -2.37. The molecule has 176 valence electrons. The SMILES string of the molecule is CC(C)(Oc1ccc(CN(CCOc2ccc(Cl)cc2)c2nc3ccccc3o2)cc1)C(=O)O. The van der Waals surface area contributed by atoms with Crippen LogP contribution >= 0.6 is 11.6 Å². The number of aliphatic carboxylic acids is 1. The number of carboxylic acid groups (broad SMARTS) is 1. The number of nitrogens with zero attached hydrogens (tertiary/aromatic N) is 2. The highest BCUT2D eigenvalue weighted by Gasteiger charge is 2.29. The van der Waals surface area contributed by atoms with Crippen molar-refractivity contribution >= 4 is 34.7 Å². The van der Waals surface area contributed by atoms with Crippen LogP contribution in [-0.2, 0) is 11.3 Å². The van der Waals surface area contributed by atoms with E-state index in [4.69, 9.17) is 25.5 Å². The number of carboxylic acids is 1. The van der Waals surface area contributed by atoms with E-state index in [-0.39, 0.29) is 0 Å². The standard InChI is InChI=1S/C26H25ClN2O5/c1-26(2,24(30)31)34-21-11-7-18(8-12-21)17-29(15-16-32-20-13-9-19(27)10-14-20)25-28-22-5-3-4-6-23(22)33-25/h3-14H,15-17H2,1-2H3,(H,30,31). The van der Waals surface area contributed by atoms with Crippen molar-refractivity contribution in [3.63, 3.8) is 0 Å². The number of halogens is 1. The summed E-state index contributed by atoms with van der Waals surface area (Å²) in [4.78, 5) is 17.9. The first-order valence-electron chi connectivity index (χ1n) is 10.8. The summed E-state index contributed by atoms with van der Waals surface area (Å²) < 4.78 is 17.5. The minimum atomic E-state index is -1.31. The van der Waals surface area contributed by atoms with Crippen LogP contribution in [-0.4, -0.2) is 34.8 Å². The zero-order valence-electron chi connectivity index (χ0n) is 18.9. The number of rotatable bonds is 10. The van der Waals surface area contributed by atoms with E-state index in [0.717, 1.165) is 16.8 Å². The van der Waals surface area contributed by atoms with Crippen molar-refractivity contribution in [2.24, 2.45) is 0 Å². The largest absolute Gasteiger partial charge is 0.492 e. The molecule has 0 saturated heterocycles. The Labute approximate surface area is 202 Å². The molecule has 0 aliphatic rings. The summed E-state index contributed by atoms with van der Waals surface area (Å²) in [7, 11) is 0. The fourth-order valence-corrected chi connectivity index (χ4v) is 3.39. The Balaban J connectivity index is 1.49. The van der Waals surface area contributed by atoms with Gasteiger partial charge in [-0.3, -0.25) is 0 Å². The number of hydrogen-bond acceptors (Lipinski definition) is 6. The number of fused-ring (bicyclic) bond motifs is 1. The van der Waals surface area contributed by atoms with Crippen LogP contribution in [0.15, 0.2) is 77.2 Å². The maximum atomic E-state index is 11.3. The van der Waals surface area contributed by atoms with Crippen molar-refractivity contribution in [3.8, 4) is 11.5 Å². The Bertz CT molecular complexity index is 1220. The first kappa shape index (κ1) is 23.4. The van der Waals surface area contributed by atoms with E-state index in [1.54, 1.807) is 24.3 Å². The first-order valence-corrected chi connectivity index (χ1v) is 11.2. The maximum absolute atomic E-state index is 11.3. The molecule has 0 amide bonds. The number of para-hydroxylation sites is 2. The van der Waals surface area contributed by atoms with E-state index >= 15 is 0 Å². The van der Waals surface area contributed by atoms with Crippen LogP contribution in [0.5, 0.6) is 11.5 Å². The molecule has 1 aromatic heterocycles. The van der Waals surface area contributed by atoms with Gasteiger partial charge in [0, 0.05) is 11.6 Å². The van der Waals surface area contributed by atoms with Crippen LogP contribution in [0.25, 0.3) is 11.1 Å². The molecule has 0 fully saturated rings. The van der Waals surface area contributed by atoms with Gasteiger partial charge in [-0.15, -0.1) is 0 Å². The molecular formula is C26H25ClN2O5. The van der Waals surface area contributed by atoms with Gasteiger partial charge in [-0.05, 0) is 67.9 Å². The van der Waals surface area contributed by atoms with E-state index in [2.05, 4.69) is 4.98 Å².